The summed E-state index contributed by atoms with van der Waals surface area (Å²) in [6.07, 6.45) is 4.30. The van der Waals surface area contributed by atoms with E-state index in [1.165, 1.54) is 0 Å². The molecule has 1 amide bonds. The fourth-order valence-electron chi connectivity index (χ4n) is 3.20. The highest BCUT2D eigenvalue weighted by atomic mass is 32.2. The Kier molecular flexibility index (Phi) is 5.93. The first kappa shape index (κ1) is 16.6. The number of rotatable bonds is 5. The largest absolute Gasteiger partial charge is 0.481 e. The summed E-state index contributed by atoms with van der Waals surface area (Å²) in [4.78, 5) is 25.7. The van der Waals surface area contributed by atoms with Gasteiger partial charge in [0, 0.05) is 18.3 Å². The molecule has 2 rings (SSSR count). The van der Waals surface area contributed by atoms with E-state index in [0.717, 1.165) is 32.4 Å². The second-order valence-electron chi connectivity index (χ2n) is 6.12. The molecule has 1 atom stereocenters. The molecule has 2 N–H and O–H groups in total. The minimum atomic E-state index is -0.756. The molecule has 2 aliphatic heterocycles. The van der Waals surface area contributed by atoms with Crippen molar-refractivity contribution in [2.45, 2.75) is 44.3 Å². The Hall–Kier alpha value is -0.750. The molecule has 0 aliphatic carbocycles. The number of carboxylic acids is 1. The van der Waals surface area contributed by atoms with Crippen LogP contribution in [0.4, 0.5) is 0 Å². The minimum Gasteiger partial charge on any atom is -0.481 e. The number of piperidine rings is 2. The van der Waals surface area contributed by atoms with Crippen LogP contribution in [0.3, 0.4) is 0 Å². The van der Waals surface area contributed by atoms with E-state index in [1.54, 1.807) is 16.7 Å². The summed E-state index contributed by atoms with van der Waals surface area (Å²) >= 11 is 1.74. The van der Waals surface area contributed by atoms with Crippen LogP contribution in [0.25, 0.3) is 0 Å². The molecule has 2 aliphatic rings. The van der Waals surface area contributed by atoms with Gasteiger partial charge in [-0.25, -0.2) is 0 Å². The number of amides is 1. The number of aliphatic carboxylic acids is 1. The lowest BCUT2D eigenvalue weighted by molar-refractivity contribution is -0.154. The van der Waals surface area contributed by atoms with E-state index in [1.807, 2.05) is 6.92 Å². The number of hydrogen-bond donors (Lipinski definition) is 2. The Bertz CT molecular complexity index is 385. The summed E-state index contributed by atoms with van der Waals surface area (Å²) in [5, 5.41) is 13.4. The van der Waals surface area contributed by atoms with Gasteiger partial charge in [-0.05, 0) is 45.2 Å². The maximum absolute atomic E-state index is 12.4. The highest BCUT2D eigenvalue weighted by molar-refractivity contribution is 8.00. The lowest BCUT2D eigenvalue weighted by Gasteiger charge is -2.39. The fraction of sp³-hybridized carbons (Fsp3) is 0.867. The van der Waals surface area contributed by atoms with Crippen LogP contribution in [-0.4, -0.2) is 59.1 Å². The van der Waals surface area contributed by atoms with Crippen molar-refractivity contribution in [2.24, 2.45) is 5.41 Å². The number of nitrogens with zero attached hydrogens (tertiary/aromatic N) is 1. The zero-order valence-corrected chi connectivity index (χ0v) is 13.6. The number of hydrogen-bond acceptors (Lipinski definition) is 4. The highest BCUT2D eigenvalue weighted by Crippen LogP contribution is 2.34. The molecule has 2 fully saturated rings. The molecule has 0 aromatic rings. The fourth-order valence-corrected chi connectivity index (χ4v) is 4.33. The summed E-state index contributed by atoms with van der Waals surface area (Å²) in [5.41, 5.74) is -0.729. The van der Waals surface area contributed by atoms with Gasteiger partial charge in [-0.15, -0.1) is 11.8 Å². The number of carbonyl (C=O) groups is 2. The Balaban J connectivity index is 1.85. The maximum Gasteiger partial charge on any atom is 0.311 e. The quantitative estimate of drug-likeness (QED) is 0.806. The first-order chi connectivity index (χ1) is 10.1. The highest BCUT2D eigenvalue weighted by Gasteiger charge is 2.42. The zero-order valence-electron chi connectivity index (χ0n) is 12.8. The molecule has 2 saturated heterocycles. The lowest BCUT2D eigenvalue weighted by atomic mass is 9.77. The summed E-state index contributed by atoms with van der Waals surface area (Å²) < 4.78 is 0. The molecule has 120 valence electrons. The van der Waals surface area contributed by atoms with Gasteiger partial charge in [-0.3, -0.25) is 9.59 Å². The van der Waals surface area contributed by atoms with Gasteiger partial charge in [0.25, 0.3) is 0 Å². The molecule has 0 bridgehead atoms. The molecule has 2 heterocycles. The monoisotopic (exact) mass is 314 g/mol. The molecule has 21 heavy (non-hydrogen) atoms. The van der Waals surface area contributed by atoms with Gasteiger partial charge < -0.3 is 15.3 Å². The van der Waals surface area contributed by atoms with E-state index in [9.17, 15) is 14.7 Å². The van der Waals surface area contributed by atoms with E-state index in [4.69, 9.17) is 0 Å². The van der Waals surface area contributed by atoms with Crippen molar-refractivity contribution in [1.29, 1.82) is 0 Å². The number of thioether (sulfide) groups is 1. The van der Waals surface area contributed by atoms with Crippen molar-refractivity contribution in [3.63, 3.8) is 0 Å². The summed E-state index contributed by atoms with van der Waals surface area (Å²) in [6.45, 7) is 5.07. The van der Waals surface area contributed by atoms with E-state index in [2.05, 4.69) is 5.32 Å². The van der Waals surface area contributed by atoms with E-state index in [0.29, 0.717) is 36.9 Å². The van der Waals surface area contributed by atoms with Gasteiger partial charge in [0.15, 0.2) is 0 Å². The topological polar surface area (TPSA) is 69.6 Å². The van der Waals surface area contributed by atoms with E-state index < -0.39 is 11.4 Å². The van der Waals surface area contributed by atoms with Crippen LogP contribution in [-0.2, 0) is 9.59 Å². The van der Waals surface area contributed by atoms with Gasteiger partial charge in [0.1, 0.15) is 0 Å². The summed E-state index contributed by atoms with van der Waals surface area (Å²) in [7, 11) is 0. The van der Waals surface area contributed by atoms with Crippen molar-refractivity contribution in [3.8, 4) is 0 Å². The third-order valence-electron chi connectivity index (χ3n) is 4.79. The summed E-state index contributed by atoms with van der Waals surface area (Å²) in [5.74, 6) is -0.157. The zero-order chi connectivity index (χ0) is 15.3. The predicted molar refractivity (Wildman–Crippen MR) is 84.5 cm³/mol. The van der Waals surface area contributed by atoms with Crippen molar-refractivity contribution >= 4 is 23.6 Å². The van der Waals surface area contributed by atoms with E-state index in [-0.39, 0.29) is 5.91 Å². The smallest absolute Gasteiger partial charge is 0.311 e. The van der Waals surface area contributed by atoms with Gasteiger partial charge >= 0.3 is 5.97 Å². The Labute approximate surface area is 130 Å². The standard InChI is InChI=1S/C15H26N2O3S/c1-2-15(14(19)20)6-3-9-17(11-15)13(18)10-21-12-4-7-16-8-5-12/h12,16H,2-11H2,1H3,(H,19,20). The first-order valence-corrected chi connectivity index (χ1v) is 8.96. The van der Waals surface area contributed by atoms with Crippen molar-refractivity contribution in [1.82, 2.24) is 10.2 Å². The van der Waals surface area contributed by atoms with Gasteiger partial charge in [-0.1, -0.05) is 6.92 Å². The third kappa shape index (κ3) is 4.13. The Morgan fingerprint density at radius 2 is 2.10 bits per heavy atom. The Morgan fingerprint density at radius 1 is 1.38 bits per heavy atom. The third-order valence-corrected chi connectivity index (χ3v) is 6.15. The molecule has 0 radical (unpaired) electrons. The second-order valence-corrected chi connectivity index (χ2v) is 7.41. The Morgan fingerprint density at radius 3 is 2.71 bits per heavy atom. The molecule has 5 nitrogen and oxygen atoms in total. The van der Waals surface area contributed by atoms with Crippen molar-refractivity contribution in [3.05, 3.63) is 0 Å². The second kappa shape index (κ2) is 7.49. The molecule has 0 aromatic heterocycles. The van der Waals surface area contributed by atoms with Crippen LogP contribution < -0.4 is 5.32 Å². The molecular formula is C15H26N2O3S. The van der Waals surface area contributed by atoms with Crippen molar-refractivity contribution < 1.29 is 14.7 Å². The normalized spacial score (nSPS) is 27.6. The van der Waals surface area contributed by atoms with Crippen LogP contribution in [0, 0.1) is 5.41 Å². The molecular weight excluding hydrogens is 288 g/mol. The number of nitrogens with one attached hydrogen (secondary N) is 1. The van der Waals surface area contributed by atoms with E-state index >= 15 is 0 Å². The van der Waals surface area contributed by atoms with Crippen LogP contribution in [0.5, 0.6) is 0 Å². The average molecular weight is 314 g/mol. The molecule has 0 aromatic carbocycles. The van der Waals surface area contributed by atoms with Crippen LogP contribution >= 0.6 is 11.8 Å². The van der Waals surface area contributed by atoms with Gasteiger partial charge in [0.2, 0.25) is 5.91 Å². The summed E-state index contributed by atoms with van der Waals surface area (Å²) in [6, 6.07) is 0. The van der Waals surface area contributed by atoms with Crippen LogP contribution in [0.15, 0.2) is 0 Å². The SMILES string of the molecule is CCC1(C(=O)O)CCCN(C(=O)CSC2CCNCC2)C1. The van der Waals surface area contributed by atoms with Crippen molar-refractivity contribution in [2.75, 3.05) is 31.9 Å². The molecule has 0 saturated carbocycles. The van der Waals surface area contributed by atoms with Crippen LogP contribution in [0.2, 0.25) is 0 Å². The molecule has 0 spiro atoms. The number of likely N-dealkylation sites (tertiary alicyclic amines) is 1. The molecule has 1 unspecified atom stereocenters. The van der Waals surface area contributed by atoms with Gasteiger partial charge in [0.05, 0.1) is 11.2 Å². The molecule has 6 heteroatoms. The number of carbonyl (C=O) groups excluding carboxylic acids is 1. The average Bonchev–Trinajstić information content (AvgIpc) is 2.53. The first-order valence-electron chi connectivity index (χ1n) is 7.91. The lowest BCUT2D eigenvalue weighted by Crippen LogP contribution is -2.50. The maximum atomic E-state index is 12.4. The van der Waals surface area contributed by atoms with Gasteiger partial charge in [-0.2, -0.15) is 0 Å². The minimum absolute atomic E-state index is 0.109. The predicted octanol–water partition coefficient (Wildman–Crippen LogP) is 1.57. The number of carboxylic acid groups (broad SMARTS) is 1. The van der Waals surface area contributed by atoms with Crippen LogP contribution in [0.1, 0.15) is 39.0 Å².